The second-order valence-electron chi connectivity index (χ2n) is 7.09. The predicted molar refractivity (Wildman–Crippen MR) is 102 cm³/mol. The van der Waals surface area contributed by atoms with Crippen molar-refractivity contribution >= 4 is 22.7 Å². The molecule has 27 heavy (non-hydrogen) atoms. The molecule has 1 unspecified atom stereocenters. The number of rotatable bonds is 8. The lowest BCUT2D eigenvalue weighted by Gasteiger charge is -2.21. The van der Waals surface area contributed by atoms with Gasteiger partial charge in [-0.3, -0.25) is 9.59 Å². The normalized spacial score (nSPS) is 16.6. The summed E-state index contributed by atoms with van der Waals surface area (Å²) in [4.78, 5) is 24.2. The van der Waals surface area contributed by atoms with E-state index in [9.17, 15) is 14.0 Å². The largest absolute Gasteiger partial charge is 0.466 e. The second-order valence-corrected chi connectivity index (χ2v) is 7.09. The maximum Gasteiger partial charge on any atom is 0.305 e. The SMILES string of the molecule is CCOC(=O)CCCCCn1c2c(c3cc(F)ccc31)C(=O)C(CN)CC2. The number of benzene rings is 1. The van der Waals surface area contributed by atoms with E-state index in [0.29, 0.717) is 30.5 Å². The molecule has 0 amide bonds. The number of fused-ring (bicyclic) bond motifs is 3. The van der Waals surface area contributed by atoms with Crippen LogP contribution in [0.15, 0.2) is 18.2 Å². The van der Waals surface area contributed by atoms with Crippen molar-refractivity contribution < 1.29 is 18.7 Å². The summed E-state index contributed by atoms with van der Waals surface area (Å²) in [5.74, 6) is -0.630. The number of ketones is 1. The number of hydrogen-bond donors (Lipinski definition) is 1. The van der Waals surface area contributed by atoms with E-state index in [-0.39, 0.29) is 23.5 Å². The smallest absolute Gasteiger partial charge is 0.305 e. The van der Waals surface area contributed by atoms with E-state index in [4.69, 9.17) is 10.5 Å². The van der Waals surface area contributed by atoms with Crippen LogP contribution in [0.25, 0.3) is 10.9 Å². The van der Waals surface area contributed by atoms with Crippen molar-refractivity contribution in [2.45, 2.75) is 52.0 Å². The van der Waals surface area contributed by atoms with E-state index in [1.807, 2.05) is 0 Å². The minimum Gasteiger partial charge on any atom is -0.466 e. The number of carbonyl (C=O) groups excluding carboxylic acids is 2. The molecular formula is C21H27FN2O3. The van der Waals surface area contributed by atoms with Crippen LogP contribution in [0, 0.1) is 11.7 Å². The zero-order valence-corrected chi connectivity index (χ0v) is 15.8. The van der Waals surface area contributed by atoms with E-state index < -0.39 is 0 Å². The number of Topliss-reactive ketones (excluding diaryl/α,β-unsaturated/α-hetero) is 1. The van der Waals surface area contributed by atoms with Gasteiger partial charge in [0.1, 0.15) is 5.82 Å². The van der Waals surface area contributed by atoms with E-state index in [1.165, 1.54) is 12.1 Å². The van der Waals surface area contributed by atoms with E-state index in [1.54, 1.807) is 13.0 Å². The van der Waals surface area contributed by atoms with Gasteiger partial charge in [-0.1, -0.05) is 6.42 Å². The monoisotopic (exact) mass is 374 g/mol. The molecule has 0 radical (unpaired) electrons. The Kier molecular flexibility index (Phi) is 6.26. The van der Waals surface area contributed by atoms with Crippen LogP contribution in [0.4, 0.5) is 4.39 Å². The molecule has 0 spiro atoms. The fourth-order valence-corrected chi connectivity index (χ4v) is 3.99. The van der Waals surface area contributed by atoms with Gasteiger partial charge in [0.05, 0.1) is 6.61 Å². The van der Waals surface area contributed by atoms with Crippen LogP contribution < -0.4 is 5.73 Å². The number of esters is 1. The Labute approximate surface area is 158 Å². The summed E-state index contributed by atoms with van der Waals surface area (Å²) < 4.78 is 20.9. The summed E-state index contributed by atoms with van der Waals surface area (Å²) in [6.07, 6.45) is 4.52. The number of nitrogens with zero attached hydrogens (tertiary/aromatic N) is 1. The fraction of sp³-hybridized carbons (Fsp3) is 0.524. The first-order chi connectivity index (χ1) is 13.1. The molecular weight excluding hydrogens is 347 g/mol. The quantitative estimate of drug-likeness (QED) is 0.566. The highest BCUT2D eigenvalue weighted by Crippen LogP contribution is 2.35. The molecule has 6 heteroatoms. The number of hydrogen-bond acceptors (Lipinski definition) is 4. The van der Waals surface area contributed by atoms with Crippen molar-refractivity contribution in [3.63, 3.8) is 0 Å². The average molecular weight is 374 g/mol. The van der Waals surface area contributed by atoms with Crippen molar-refractivity contribution in [1.82, 2.24) is 4.57 Å². The first kappa shape index (κ1) is 19.5. The molecule has 1 aromatic heterocycles. The maximum atomic E-state index is 13.8. The lowest BCUT2D eigenvalue weighted by atomic mass is 9.85. The summed E-state index contributed by atoms with van der Waals surface area (Å²) in [7, 11) is 0. The minimum absolute atomic E-state index is 0.0374. The number of nitrogens with two attached hydrogens (primary N) is 1. The van der Waals surface area contributed by atoms with Gasteiger partial charge in [0.15, 0.2) is 5.78 Å². The van der Waals surface area contributed by atoms with Crippen molar-refractivity contribution in [2.75, 3.05) is 13.2 Å². The topological polar surface area (TPSA) is 74.3 Å². The Hall–Kier alpha value is -2.21. The second kappa shape index (κ2) is 8.65. The number of aromatic nitrogens is 1. The Balaban J connectivity index is 1.78. The van der Waals surface area contributed by atoms with Crippen LogP contribution in [0.3, 0.4) is 0 Å². The van der Waals surface area contributed by atoms with Gasteiger partial charge in [-0.25, -0.2) is 4.39 Å². The maximum absolute atomic E-state index is 13.8. The van der Waals surface area contributed by atoms with Crippen molar-refractivity contribution in [3.05, 3.63) is 35.3 Å². The molecule has 146 valence electrons. The molecule has 0 saturated carbocycles. The summed E-state index contributed by atoms with van der Waals surface area (Å²) >= 11 is 0. The first-order valence-corrected chi connectivity index (χ1v) is 9.77. The van der Waals surface area contributed by atoms with E-state index >= 15 is 0 Å². The van der Waals surface area contributed by atoms with Crippen molar-refractivity contribution in [2.24, 2.45) is 11.7 Å². The molecule has 1 aromatic carbocycles. The molecule has 0 fully saturated rings. The molecule has 0 bridgehead atoms. The van der Waals surface area contributed by atoms with Crippen molar-refractivity contribution in [3.8, 4) is 0 Å². The highest BCUT2D eigenvalue weighted by molar-refractivity contribution is 6.11. The van der Waals surface area contributed by atoms with Gasteiger partial charge < -0.3 is 15.0 Å². The van der Waals surface area contributed by atoms with Gasteiger partial charge >= 0.3 is 5.97 Å². The van der Waals surface area contributed by atoms with Crippen molar-refractivity contribution in [1.29, 1.82) is 0 Å². The standard InChI is InChI=1S/C21H27FN2O3/c1-2-27-19(25)6-4-3-5-11-24-17-10-8-15(22)12-16(17)20-18(24)9-7-14(13-23)21(20)26/h8,10,12,14H,2-7,9,11,13,23H2,1H3. The third-order valence-corrected chi connectivity index (χ3v) is 5.33. The number of carbonyl (C=O) groups is 2. The third kappa shape index (κ3) is 4.05. The van der Waals surface area contributed by atoms with Gasteiger partial charge in [0, 0.05) is 47.6 Å². The Morgan fingerprint density at radius 2 is 2.15 bits per heavy atom. The van der Waals surface area contributed by atoms with Gasteiger partial charge in [-0.2, -0.15) is 0 Å². The molecule has 0 aliphatic heterocycles. The molecule has 1 aliphatic rings. The van der Waals surface area contributed by atoms with E-state index in [2.05, 4.69) is 4.57 Å². The summed E-state index contributed by atoms with van der Waals surface area (Å²) in [6, 6.07) is 4.66. The highest BCUT2D eigenvalue weighted by atomic mass is 19.1. The fourth-order valence-electron chi connectivity index (χ4n) is 3.99. The van der Waals surface area contributed by atoms with Crippen LogP contribution in [0.1, 0.15) is 55.1 Å². The van der Waals surface area contributed by atoms with Gasteiger partial charge in [-0.05, 0) is 50.8 Å². The highest BCUT2D eigenvalue weighted by Gasteiger charge is 2.31. The van der Waals surface area contributed by atoms with Gasteiger partial charge in [0.25, 0.3) is 0 Å². The summed E-state index contributed by atoms with van der Waals surface area (Å²) in [5, 5.41) is 0.694. The summed E-state index contributed by atoms with van der Waals surface area (Å²) in [6.45, 7) is 3.29. The third-order valence-electron chi connectivity index (χ3n) is 5.33. The lowest BCUT2D eigenvalue weighted by molar-refractivity contribution is -0.143. The molecule has 1 heterocycles. The molecule has 5 nitrogen and oxygen atoms in total. The molecule has 2 aromatic rings. The average Bonchev–Trinajstić information content (AvgIpc) is 2.95. The van der Waals surface area contributed by atoms with Crippen LogP contribution in [0.5, 0.6) is 0 Å². The molecule has 0 saturated heterocycles. The number of unbranched alkanes of at least 4 members (excludes halogenated alkanes) is 2. The van der Waals surface area contributed by atoms with Crippen LogP contribution in [-0.2, 0) is 22.5 Å². The number of aryl methyl sites for hydroxylation is 1. The molecule has 1 aliphatic carbocycles. The minimum atomic E-state index is -0.334. The lowest BCUT2D eigenvalue weighted by Crippen LogP contribution is -2.29. The Morgan fingerprint density at radius 3 is 2.89 bits per heavy atom. The zero-order chi connectivity index (χ0) is 19.4. The predicted octanol–water partition coefficient (Wildman–Crippen LogP) is 3.61. The molecule has 3 rings (SSSR count). The van der Waals surface area contributed by atoms with Crippen LogP contribution in [-0.4, -0.2) is 29.5 Å². The van der Waals surface area contributed by atoms with Gasteiger partial charge in [0.2, 0.25) is 0 Å². The first-order valence-electron chi connectivity index (χ1n) is 9.77. The molecule has 2 N–H and O–H groups in total. The van der Waals surface area contributed by atoms with Crippen LogP contribution in [0.2, 0.25) is 0 Å². The zero-order valence-electron chi connectivity index (χ0n) is 15.8. The van der Waals surface area contributed by atoms with Gasteiger partial charge in [-0.15, -0.1) is 0 Å². The summed E-state index contributed by atoms with van der Waals surface area (Å²) in [5.41, 5.74) is 8.30. The Bertz CT molecular complexity index is 844. The number of ether oxygens (including phenoxy) is 1. The van der Waals surface area contributed by atoms with Crippen LogP contribution >= 0.6 is 0 Å². The van der Waals surface area contributed by atoms with E-state index in [0.717, 1.165) is 49.9 Å². The molecule has 1 atom stereocenters. The number of halogens is 1. The Morgan fingerprint density at radius 1 is 1.33 bits per heavy atom.